The van der Waals surface area contributed by atoms with Gasteiger partial charge in [-0.15, -0.1) is 6.58 Å². The van der Waals surface area contributed by atoms with Crippen molar-refractivity contribution in [1.82, 2.24) is 0 Å². The average Bonchev–Trinajstić information content (AvgIpc) is 2.34. The molecule has 0 radical (unpaired) electrons. The second-order valence-electron chi connectivity index (χ2n) is 5.44. The molecular formula is C16H21F3. The molecule has 0 amide bonds. The first kappa shape index (κ1) is 15.8. The van der Waals surface area contributed by atoms with Crippen LogP contribution >= 0.6 is 0 Å². The van der Waals surface area contributed by atoms with Crippen LogP contribution in [0.1, 0.15) is 32.3 Å². The second kappa shape index (κ2) is 6.27. The van der Waals surface area contributed by atoms with Crippen molar-refractivity contribution >= 4 is 0 Å². The van der Waals surface area contributed by atoms with Gasteiger partial charge >= 0.3 is 6.18 Å². The Morgan fingerprint density at radius 3 is 2.16 bits per heavy atom. The third-order valence-corrected chi connectivity index (χ3v) is 3.43. The smallest absolute Gasteiger partial charge is 0.170 e. The summed E-state index contributed by atoms with van der Waals surface area (Å²) in [7, 11) is 0. The van der Waals surface area contributed by atoms with E-state index in [-0.39, 0.29) is 18.8 Å². The molecule has 0 aromatic heterocycles. The Balaban J connectivity index is 2.88. The molecular weight excluding hydrogens is 249 g/mol. The van der Waals surface area contributed by atoms with Gasteiger partial charge in [-0.25, -0.2) is 0 Å². The number of benzene rings is 1. The van der Waals surface area contributed by atoms with Crippen molar-refractivity contribution in [3.63, 3.8) is 0 Å². The van der Waals surface area contributed by atoms with Crippen molar-refractivity contribution in [2.24, 2.45) is 11.3 Å². The fourth-order valence-corrected chi connectivity index (χ4v) is 2.40. The van der Waals surface area contributed by atoms with E-state index in [2.05, 4.69) is 6.58 Å². The molecule has 0 saturated heterocycles. The van der Waals surface area contributed by atoms with Crippen LogP contribution < -0.4 is 0 Å². The second-order valence-corrected chi connectivity index (χ2v) is 5.44. The Bertz CT molecular complexity index is 392. The number of hydrogen-bond acceptors (Lipinski definition) is 0. The highest BCUT2D eigenvalue weighted by molar-refractivity contribution is 5.16. The van der Waals surface area contributed by atoms with Crippen LogP contribution in [0.5, 0.6) is 0 Å². The van der Waals surface area contributed by atoms with Crippen LogP contribution in [0.15, 0.2) is 43.0 Å². The zero-order valence-electron chi connectivity index (χ0n) is 11.5. The Kier molecular flexibility index (Phi) is 5.21. The fraction of sp³-hybridized carbons (Fsp3) is 0.500. The molecule has 3 heteroatoms. The molecule has 0 bridgehead atoms. The number of allylic oxidation sites excluding steroid dienone is 1. The first-order chi connectivity index (χ1) is 8.81. The Morgan fingerprint density at radius 1 is 1.16 bits per heavy atom. The van der Waals surface area contributed by atoms with Crippen LogP contribution in [-0.2, 0) is 6.42 Å². The quantitative estimate of drug-likeness (QED) is 0.607. The number of aryl methyl sites for hydroxylation is 1. The Morgan fingerprint density at radius 2 is 1.74 bits per heavy atom. The maximum atomic E-state index is 13.4. The first-order valence-electron chi connectivity index (χ1n) is 6.55. The summed E-state index contributed by atoms with van der Waals surface area (Å²) in [5.41, 5.74) is -0.849. The number of hydrogen-bond donors (Lipinski definition) is 0. The molecule has 106 valence electrons. The lowest BCUT2D eigenvalue weighted by Crippen LogP contribution is -2.38. The minimum Gasteiger partial charge on any atom is -0.170 e. The molecule has 0 saturated carbocycles. The van der Waals surface area contributed by atoms with Gasteiger partial charge in [0.05, 0.1) is 5.41 Å². The molecule has 0 aliphatic rings. The van der Waals surface area contributed by atoms with Gasteiger partial charge in [-0.3, -0.25) is 0 Å². The largest absolute Gasteiger partial charge is 0.397 e. The van der Waals surface area contributed by atoms with E-state index in [1.807, 2.05) is 44.2 Å². The predicted octanol–water partition coefficient (Wildman–Crippen LogP) is 5.40. The lowest BCUT2D eigenvalue weighted by Gasteiger charge is -2.34. The normalized spacial score (nSPS) is 15.3. The van der Waals surface area contributed by atoms with E-state index in [1.165, 1.54) is 0 Å². The molecule has 1 aromatic rings. The standard InChI is InChI=1S/C16H21F3/c1-4-15(12-13(2)3,16(17,18)19)11-10-14-8-6-5-7-9-14/h4-9,13H,1,10-12H2,2-3H3. The van der Waals surface area contributed by atoms with E-state index in [0.717, 1.165) is 11.6 Å². The van der Waals surface area contributed by atoms with E-state index < -0.39 is 11.6 Å². The van der Waals surface area contributed by atoms with Gasteiger partial charge in [-0.2, -0.15) is 13.2 Å². The summed E-state index contributed by atoms with van der Waals surface area (Å²) >= 11 is 0. The number of halogens is 3. The summed E-state index contributed by atoms with van der Waals surface area (Å²) in [6.07, 6.45) is -2.59. The third-order valence-electron chi connectivity index (χ3n) is 3.43. The Hall–Kier alpha value is -1.25. The van der Waals surface area contributed by atoms with E-state index in [9.17, 15) is 13.2 Å². The topological polar surface area (TPSA) is 0 Å². The number of alkyl halides is 3. The molecule has 0 heterocycles. The highest BCUT2D eigenvalue weighted by Gasteiger charge is 2.51. The lowest BCUT2D eigenvalue weighted by molar-refractivity contribution is -0.213. The summed E-state index contributed by atoms with van der Waals surface area (Å²) in [6.45, 7) is 7.07. The van der Waals surface area contributed by atoms with Crippen LogP contribution in [0.4, 0.5) is 13.2 Å². The molecule has 0 spiro atoms. The molecule has 1 atom stereocenters. The lowest BCUT2D eigenvalue weighted by atomic mass is 9.75. The van der Waals surface area contributed by atoms with Gasteiger partial charge in [0.25, 0.3) is 0 Å². The summed E-state index contributed by atoms with van der Waals surface area (Å²) in [6, 6.07) is 9.28. The van der Waals surface area contributed by atoms with Gasteiger partial charge in [0.1, 0.15) is 0 Å². The highest BCUT2D eigenvalue weighted by Crippen LogP contribution is 2.47. The third kappa shape index (κ3) is 4.12. The van der Waals surface area contributed by atoms with Crippen molar-refractivity contribution in [3.05, 3.63) is 48.6 Å². The van der Waals surface area contributed by atoms with Crippen LogP contribution in [0.25, 0.3) is 0 Å². The highest BCUT2D eigenvalue weighted by atomic mass is 19.4. The molecule has 0 aliphatic heterocycles. The van der Waals surface area contributed by atoms with Crippen LogP contribution in [0.2, 0.25) is 0 Å². The molecule has 0 fully saturated rings. The predicted molar refractivity (Wildman–Crippen MR) is 72.9 cm³/mol. The van der Waals surface area contributed by atoms with Gasteiger partial charge in [-0.1, -0.05) is 50.3 Å². The van der Waals surface area contributed by atoms with Gasteiger partial charge in [-0.05, 0) is 30.7 Å². The molecule has 1 unspecified atom stereocenters. The summed E-state index contributed by atoms with van der Waals surface area (Å²) in [4.78, 5) is 0. The maximum Gasteiger partial charge on any atom is 0.397 e. The molecule has 0 N–H and O–H groups in total. The van der Waals surface area contributed by atoms with Gasteiger partial charge in [0, 0.05) is 0 Å². The SMILES string of the molecule is C=CC(CCc1ccccc1)(CC(C)C)C(F)(F)F. The zero-order chi connectivity index (χ0) is 14.5. The monoisotopic (exact) mass is 270 g/mol. The van der Waals surface area contributed by atoms with E-state index in [1.54, 1.807) is 0 Å². The molecule has 1 aromatic carbocycles. The molecule has 19 heavy (non-hydrogen) atoms. The first-order valence-corrected chi connectivity index (χ1v) is 6.55. The maximum absolute atomic E-state index is 13.4. The van der Waals surface area contributed by atoms with Crippen LogP contribution in [0, 0.1) is 11.3 Å². The minimum absolute atomic E-state index is 0.0181. The van der Waals surface area contributed by atoms with Crippen molar-refractivity contribution in [3.8, 4) is 0 Å². The van der Waals surface area contributed by atoms with Gasteiger partial charge in [0.15, 0.2) is 0 Å². The fourth-order valence-electron chi connectivity index (χ4n) is 2.40. The van der Waals surface area contributed by atoms with E-state index in [4.69, 9.17) is 0 Å². The minimum atomic E-state index is -4.24. The van der Waals surface area contributed by atoms with Gasteiger partial charge in [0.2, 0.25) is 0 Å². The average molecular weight is 270 g/mol. The van der Waals surface area contributed by atoms with Crippen LogP contribution in [-0.4, -0.2) is 6.18 Å². The Labute approximate surface area is 113 Å². The zero-order valence-corrected chi connectivity index (χ0v) is 11.5. The molecule has 0 nitrogen and oxygen atoms in total. The van der Waals surface area contributed by atoms with Crippen LogP contribution in [0.3, 0.4) is 0 Å². The van der Waals surface area contributed by atoms with Crippen molar-refractivity contribution < 1.29 is 13.2 Å². The summed E-state index contributed by atoms with van der Waals surface area (Å²) in [5, 5.41) is 0. The molecule has 0 aliphatic carbocycles. The molecule has 1 rings (SSSR count). The summed E-state index contributed by atoms with van der Waals surface area (Å²) in [5.74, 6) is -0.0181. The van der Waals surface area contributed by atoms with Crippen molar-refractivity contribution in [2.75, 3.05) is 0 Å². The van der Waals surface area contributed by atoms with E-state index in [0.29, 0.717) is 6.42 Å². The summed E-state index contributed by atoms with van der Waals surface area (Å²) < 4.78 is 40.1. The van der Waals surface area contributed by atoms with Crippen molar-refractivity contribution in [2.45, 2.75) is 39.3 Å². The van der Waals surface area contributed by atoms with Gasteiger partial charge < -0.3 is 0 Å². The number of rotatable bonds is 6. The van der Waals surface area contributed by atoms with Crippen molar-refractivity contribution in [1.29, 1.82) is 0 Å². The van der Waals surface area contributed by atoms with E-state index >= 15 is 0 Å².